The highest BCUT2D eigenvalue weighted by Crippen LogP contribution is 2.23. The van der Waals surface area contributed by atoms with Crippen molar-refractivity contribution < 1.29 is 22.4 Å². The highest BCUT2D eigenvalue weighted by atomic mass is 32.2. The maximum atomic E-state index is 14.0. The summed E-state index contributed by atoms with van der Waals surface area (Å²) >= 11 is 0. The molecule has 1 atom stereocenters. The number of carbonyl (C=O) groups excluding carboxylic acids is 2. The molecule has 1 saturated carbocycles. The average molecular weight is 594 g/mol. The topological polar surface area (TPSA) is 86.8 Å². The normalized spacial score (nSPS) is 14.4. The van der Waals surface area contributed by atoms with E-state index in [0.717, 1.165) is 48.6 Å². The Morgan fingerprint density at radius 1 is 0.952 bits per heavy atom. The summed E-state index contributed by atoms with van der Waals surface area (Å²) in [6.45, 7) is 2.29. The van der Waals surface area contributed by atoms with Crippen molar-refractivity contribution in [2.24, 2.45) is 0 Å². The van der Waals surface area contributed by atoms with Crippen molar-refractivity contribution in [1.82, 2.24) is 10.2 Å². The molecular formula is C33H40FN3O4S. The number of nitrogens with one attached hydrogen (secondary N) is 1. The molecule has 2 amide bonds. The number of anilines is 1. The van der Waals surface area contributed by atoms with Gasteiger partial charge in [0.05, 0.1) is 11.9 Å². The molecule has 224 valence electrons. The summed E-state index contributed by atoms with van der Waals surface area (Å²) in [5.41, 5.74) is 3.25. The number of halogens is 1. The van der Waals surface area contributed by atoms with Crippen LogP contribution in [0.1, 0.15) is 55.2 Å². The van der Waals surface area contributed by atoms with Gasteiger partial charge in [0.15, 0.2) is 0 Å². The van der Waals surface area contributed by atoms with Crippen LogP contribution in [0.25, 0.3) is 0 Å². The van der Waals surface area contributed by atoms with E-state index in [1.54, 1.807) is 4.90 Å². The standard InChI is InChI=1S/C33H40FN3O4S/c1-25-11-6-7-14-27(25)24-36(31(23-26-12-4-3-5-13-26)33(39)35-29-15-8-9-16-29)32(38)17-10-22-37(42(2,40)41)30-20-18-28(34)19-21-30/h3-7,11-14,18-21,29,31H,8-10,15-17,22-24H2,1-2H3,(H,35,39)/t31-/m1/s1. The molecule has 0 saturated heterocycles. The SMILES string of the molecule is Cc1ccccc1CN(C(=O)CCCN(c1ccc(F)cc1)S(C)(=O)=O)[C@H](Cc1ccccc1)C(=O)NC1CCCC1. The Bertz CT molecular complexity index is 1440. The minimum atomic E-state index is -3.67. The lowest BCUT2D eigenvalue weighted by molar-refractivity contribution is -0.141. The van der Waals surface area contributed by atoms with E-state index >= 15 is 0 Å². The molecule has 1 aliphatic rings. The first-order valence-electron chi connectivity index (χ1n) is 14.5. The van der Waals surface area contributed by atoms with E-state index in [-0.39, 0.29) is 43.8 Å². The summed E-state index contributed by atoms with van der Waals surface area (Å²) in [6, 6.07) is 22.1. The van der Waals surface area contributed by atoms with Crippen LogP contribution >= 0.6 is 0 Å². The smallest absolute Gasteiger partial charge is 0.243 e. The van der Waals surface area contributed by atoms with Crippen LogP contribution in [0.15, 0.2) is 78.9 Å². The molecule has 9 heteroatoms. The van der Waals surface area contributed by atoms with Gasteiger partial charge < -0.3 is 10.2 Å². The second-order valence-electron chi connectivity index (χ2n) is 11.1. The first-order valence-corrected chi connectivity index (χ1v) is 16.4. The van der Waals surface area contributed by atoms with E-state index in [2.05, 4.69) is 5.32 Å². The van der Waals surface area contributed by atoms with Gasteiger partial charge in [-0.05, 0) is 67.1 Å². The highest BCUT2D eigenvalue weighted by Gasteiger charge is 2.32. The molecule has 4 rings (SSSR count). The molecule has 1 fully saturated rings. The zero-order chi connectivity index (χ0) is 30.1. The number of sulfonamides is 1. The Balaban J connectivity index is 1.59. The average Bonchev–Trinajstić information content (AvgIpc) is 3.47. The van der Waals surface area contributed by atoms with Crippen LogP contribution in [0.5, 0.6) is 0 Å². The Kier molecular flexibility index (Phi) is 10.7. The molecule has 7 nitrogen and oxygen atoms in total. The lowest BCUT2D eigenvalue weighted by Gasteiger charge is -2.33. The van der Waals surface area contributed by atoms with Crippen molar-refractivity contribution in [3.63, 3.8) is 0 Å². The third kappa shape index (κ3) is 8.64. The van der Waals surface area contributed by atoms with Crippen molar-refractivity contribution in [2.75, 3.05) is 17.1 Å². The molecule has 3 aromatic rings. The number of rotatable bonds is 13. The molecule has 0 aromatic heterocycles. The monoisotopic (exact) mass is 593 g/mol. The van der Waals surface area contributed by atoms with Gasteiger partial charge >= 0.3 is 0 Å². The largest absolute Gasteiger partial charge is 0.352 e. The van der Waals surface area contributed by atoms with E-state index in [9.17, 15) is 22.4 Å². The van der Waals surface area contributed by atoms with E-state index in [0.29, 0.717) is 12.1 Å². The molecule has 0 spiro atoms. The van der Waals surface area contributed by atoms with Gasteiger partial charge in [-0.1, -0.05) is 67.4 Å². The number of hydrogen-bond acceptors (Lipinski definition) is 4. The molecule has 0 aliphatic heterocycles. The van der Waals surface area contributed by atoms with Gasteiger partial charge in [-0.3, -0.25) is 13.9 Å². The zero-order valence-corrected chi connectivity index (χ0v) is 25.2. The maximum absolute atomic E-state index is 14.0. The number of benzene rings is 3. The van der Waals surface area contributed by atoms with Crippen LogP contribution in [-0.2, 0) is 32.6 Å². The van der Waals surface area contributed by atoms with Crippen LogP contribution < -0.4 is 9.62 Å². The minimum Gasteiger partial charge on any atom is -0.352 e. The quantitative estimate of drug-likeness (QED) is 0.288. The summed E-state index contributed by atoms with van der Waals surface area (Å²) in [7, 11) is -3.67. The van der Waals surface area contributed by atoms with Gasteiger partial charge in [-0.2, -0.15) is 0 Å². The van der Waals surface area contributed by atoms with Crippen molar-refractivity contribution in [1.29, 1.82) is 0 Å². The molecule has 0 bridgehead atoms. The van der Waals surface area contributed by atoms with Gasteiger partial charge in [0.2, 0.25) is 21.8 Å². The predicted molar refractivity (Wildman–Crippen MR) is 164 cm³/mol. The lowest BCUT2D eigenvalue weighted by Crippen LogP contribution is -2.52. The third-order valence-corrected chi connectivity index (χ3v) is 9.04. The fraction of sp³-hybridized carbons (Fsp3) is 0.394. The molecule has 3 aromatic carbocycles. The molecule has 1 aliphatic carbocycles. The number of amides is 2. The van der Waals surface area contributed by atoms with Crippen LogP contribution in [0.3, 0.4) is 0 Å². The lowest BCUT2D eigenvalue weighted by atomic mass is 10.0. The Labute approximate surface area is 248 Å². The van der Waals surface area contributed by atoms with Gasteiger partial charge in [0.1, 0.15) is 11.9 Å². The molecule has 42 heavy (non-hydrogen) atoms. The van der Waals surface area contributed by atoms with Crippen molar-refractivity contribution in [2.45, 2.75) is 70.5 Å². The van der Waals surface area contributed by atoms with Crippen molar-refractivity contribution >= 4 is 27.5 Å². The van der Waals surface area contributed by atoms with Crippen LogP contribution in [0.2, 0.25) is 0 Å². The molecular weight excluding hydrogens is 553 g/mol. The molecule has 0 unspecified atom stereocenters. The minimum absolute atomic E-state index is 0.0428. The van der Waals surface area contributed by atoms with Crippen molar-refractivity contribution in [3.8, 4) is 0 Å². The predicted octanol–water partition coefficient (Wildman–Crippen LogP) is 5.38. The summed E-state index contributed by atoms with van der Waals surface area (Å²) < 4.78 is 39.8. The van der Waals surface area contributed by atoms with Crippen molar-refractivity contribution in [3.05, 3.63) is 101 Å². The molecule has 0 radical (unpaired) electrons. The van der Waals surface area contributed by atoms with Gasteiger partial charge in [0.25, 0.3) is 0 Å². The summed E-state index contributed by atoms with van der Waals surface area (Å²) in [6.07, 6.45) is 5.74. The summed E-state index contributed by atoms with van der Waals surface area (Å²) in [5, 5.41) is 3.20. The van der Waals surface area contributed by atoms with E-state index in [1.165, 1.54) is 28.6 Å². The first-order chi connectivity index (χ1) is 20.1. The van der Waals surface area contributed by atoms with Crippen LogP contribution in [0, 0.1) is 12.7 Å². The number of nitrogens with zero attached hydrogens (tertiary/aromatic N) is 2. The fourth-order valence-electron chi connectivity index (χ4n) is 5.50. The van der Waals surface area contributed by atoms with Crippen LogP contribution in [-0.4, -0.2) is 50.0 Å². The molecule has 1 N–H and O–H groups in total. The maximum Gasteiger partial charge on any atom is 0.243 e. The summed E-state index contributed by atoms with van der Waals surface area (Å²) in [5.74, 6) is -0.861. The highest BCUT2D eigenvalue weighted by molar-refractivity contribution is 7.92. The Hall–Kier alpha value is -3.72. The third-order valence-electron chi connectivity index (χ3n) is 7.84. The Morgan fingerprint density at radius 3 is 2.24 bits per heavy atom. The van der Waals surface area contributed by atoms with E-state index < -0.39 is 21.9 Å². The first kappa shape index (κ1) is 31.2. The second kappa shape index (κ2) is 14.4. The van der Waals surface area contributed by atoms with Crippen LogP contribution in [0.4, 0.5) is 10.1 Å². The van der Waals surface area contributed by atoms with E-state index in [1.807, 2.05) is 61.5 Å². The molecule has 0 heterocycles. The zero-order valence-electron chi connectivity index (χ0n) is 24.3. The van der Waals surface area contributed by atoms with Gasteiger partial charge in [-0.25, -0.2) is 12.8 Å². The van der Waals surface area contributed by atoms with Gasteiger partial charge in [0, 0.05) is 32.0 Å². The van der Waals surface area contributed by atoms with Gasteiger partial charge in [-0.15, -0.1) is 0 Å². The number of hydrogen-bond donors (Lipinski definition) is 1. The number of carbonyl (C=O) groups is 2. The summed E-state index contributed by atoms with van der Waals surface area (Å²) in [4.78, 5) is 29.5. The Morgan fingerprint density at radius 2 is 1.60 bits per heavy atom. The van der Waals surface area contributed by atoms with E-state index in [4.69, 9.17) is 0 Å². The fourth-order valence-corrected chi connectivity index (χ4v) is 6.47. The number of aryl methyl sites for hydroxylation is 1. The second-order valence-corrected chi connectivity index (χ2v) is 13.0.